The van der Waals surface area contributed by atoms with Gasteiger partial charge >= 0.3 is 0 Å². The number of benzene rings is 1. The smallest absolute Gasteiger partial charge is 0.146 e. The Bertz CT molecular complexity index is 323. The van der Waals surface area contributed by atoms with E-state index in [0.29, 0.717) is 10.4 Å². The van der Waals surface area contributed by atoms with Crippen molar-refractivity contribution in [2.45, 2.75) is 17.6 Å². The minimum Gasteiger partial charge on any atom is -0.381 e. The van der Waals surface area contributed by atoms with Crippen molar-refractivity contribution in [3.05, 3.63) is 30.1 Å². The van der Waals surface area contributed by atoms with Gasteiger partial charge in [-0.2, -0.15) is 11.8 Å². The van der Waals surface area contributed by atoms with Crippen LogP contribution in [0.15, 0.2) is 24.3 Å². The van der Waals surface area contributed by atoms with Gasteiger partial charge in [0.1, 0.15) is 5.82 Å². The third kappa shape index (κ3) is 2.03. The highest BCUT2D eigenvalue weighted by atomic mass is 32.2. The van der Waals surface area contributed by atoms with Crippen molar-refractivity contribution in [3.8, 4) is 0 Å². The standard InChI is InChI=1S/C11H14FNS/c1-14-11(6-7-11)8-13-10-5-3-2-4-9(10)12/h2-5,13H,6-8H2,1H3. The second-order valence-corrected chi connectivity index (χ2v) is 4.99. The number of anilines is 1. The van der Waals surface area contributed by atoms with E-state index in [2.05, 4.69) is 11.6 Å². The lowest BCUT2D eigenvalue weighted by Gasteiger charge is -2.14. The van der Waals surface area contributed by atoms with Gasteiger partial charge in [-0.25, -0.2) is 4.39 Å². The van der Waals surface area contributed by atoms with Gasteiger partial charge in [-0.1, -0.05) is 12.1 Å². The fourth-order valence-corrected chi connectivity index (χ4v) is 2.18. The Morgan fingerprint density at radius 3 is 2.71 bits per heavy atom. The molecule has 0 amide bonds. The van der Waals surface area contributed by atoms with E-state index >= 15 is 0 Å². The van der Waals surface area contributed by atoms with Gasteiger partial charge in [-0.05, 0) is 31.2 Å². The lowest BCUT2D eigenvalue weighted by atomic mass is 10.3. The molecule has 1 aromatic rings. The molecule has 0 spiro atoms. The van der Waals surface area contributed by atoms with E-state index < -0.39 is 0 Å². The van der Waals surface area contributed by atoms with Crippen molar-refractivity contribution in [3.63, 3.8) is 0 Å². The molecule has 0 aliphatic heterocycles. The van der Waals surface area contributed by atoms with Crippen LogP contribution in [0.25, 0.3) is 0 Å². The Labute approximate surface area is 88.1 Å². The van der Waals surface area contributed by atoms with Gasteiger partial charge in [-0.3, -0.25) is 0 Å². The molecule has 1 saturated carbocycles. The van der Waals surface area contributed by atoms with E-state index in [1.54, 1.807) is 12.1 Å². The highest BCUT2D eigenvalue weighted by Gasteiger charge is 2.41. The largest absolute Gasteiger partial charge is 0.381 e. The van der Waals surface area contributed by atoms with Crippen LogP contribution >= 0.6 is 11.8 Å². The fraction of sp³-hybridized carbons (Fsp3) is 0.455. The molecule has 0 bridgehead atoms. The van der Waals surface area contributed by atoms with E-state index in [4.69, 9.17) is 0 Å². The molecule has 0 heterocycles. The van der Waals surface area contributed by atoms with Crippen molar-refractivity contribution >= 4 is 17.4 Å². The summed E-state index contributed by atoms with van der Waals surface area (Å²) in [7, 11) is 0. The monoisotopic (exact) mass is 211 g/mol. The molecule has 1 fully saturated rings. The summed E-state index contributed by atoms with van der Waals surface area (Å²) in [5.74, 6) is -0.163. The molecule has 0 atom stereocenters. The predicted octanol–water partition coefficient (Wildman–Crippen LogP) is 3.13. The van der Waals surface area contributed by atoms with Crippen molar-refractivity contribution in [2.75, 3.05) is 18.1 Å². The van der Waals surface area contributed by atoms with Gasteiger partial charge in [0.05, 0.1) is 5.69 Å². The molecule has 76 valence electrons. The predicted molar refractivity (Wildman–Crippen MR) is 60.4 cm³/mol. The van der Waals surface area contributed by atoms with E-state index in [1.807, 2.05) is 17.8 Å². The maximum atomic E-state index is 13.2. The van der Waals surface area contributed by atoms with Gasteiger partial charge in [-0.15, -0.1) is 0 Å². The first-order valence-corrected chi connectivity index (χ1v) is 6.02. The van der Waals surface area contributed by atoms with Gasteiger partial charge < -0.3 is 5.32 Å². The third-order valence-electron chi connectivity index (χ3n) is 2.72. The molecular formula is C11H14FNS. The molecule has 2 rings (SSSR count). The normalized spacial score (nSPS) is 17.9. The number of hydrogen-bond donors (Lipinski definition) is 1. The minimum absolute atomic E-state index is 0.163. The average Bonchev–Trinajstić information content (AvgIpc) is 2.98. The first-order valence-electron chi connectivity index (χ1n) is 4.79. The number of halogens is 1. The lowest BCUT2D eigenvalue weighted by molar-refractivity contribution is 0.630. The summed E-state index contributed by atoms with van der Waals surface area (Å²) >= 11 is 1.88. The quantitative estimate of drug-likeness (QED) is 0.821. The first-order chi connectivity index (χ1) is 6.76. The van der Waals surface area contributed by atoms with Crippen molar-refractivity contribution in [2.24, 2.45) is 0 Å². The number of para-hydroxylation sites is 1. The molecule has 1 N–H and O–H groups in total. The number of thioether (sulfide) groups is 1. The molecule has 1 nitrogen and oxygen atoms in total. The third-order valence-corrected chi connectivity index (χ3v) is 4.13. The van der Waals surface area contributed by atoms with Gasteiger partial charge in [0, 0.05) is 11.3 Å². The molecule has 0 radical (unpaired) electrons. The summed E-state index contributed by atoms with van der Waals surface area (Å²) in [6, 6.07) is 6.83. The molecule has 1 aliphatic carbocycles. The Morgan fingerprint density at radius 1 is 1.43 bits per heavy atom. The van der Waals surface area contributed by atoms with Gasteiger partial charge in [0.2, 0.25) is 0 Å². The number of rotatable bonds is 4. The summed E-state index contributed by atoms with van der Waals surface area (Å²) in [5.41, 5.74) is 0.618. The molecule has 14 heavy (non-hydrogen) atoms. The topological polar surface area (TPSA) is 12.0 Å². The molecule has 0 aromatic heterocycles. The summed E-state index contributed by atoms with van der Waals surface area (Å²) in [5, 5.41) is 3.17. The Balaban J connectivity index is 1.95. The summed E-state index contributed by atoms with van der Waals surface area (Å²) < 4.78 is 13.6. The van der Waals surface area contributed by atoms with E-state index in [9.17, 15) is 4.39 Å². The van der Waals surface area contributed by atoms with Crippen molar-refractivity contribution in [1.82, 2.24) is 0 Å². The van der Waals surface area contributed by atoms with Gasteiger partial charge in [0.25, 0.3) is 0 Å². The minimum atomic E-state index is -0.163. The summed E-state index contributed by atoms with van der Waals surface area (Å²) in [6.07, 6.45) is 4.61. The maximum Gasteiger partial charge on any atom is 0.146 e. The Morgan fingerprint density at radius 2 is 2.14 bits per heavy atom. The summed E-state index contributed by atoms with van der Waals surface area (Å²) in [6.45, 7) is 0.870. The lowest BCUT2D eigenvalue weighted by Crippen LogP contribution is -2.17. The van der Waals surface area contributed by atoms with Crippen LogP contribution in [0, 0.1) is 5.82 Å². The second-order valence-electron chi connectivity index (χ2n) is 3.72. The zero-order valence-corrected chi connectivity index (χ0v) is 9.03. The van der Waals surface area contributed by atoms with Crippen LogP contribution in [0.4, 0.5) is 10.1 Å². The number of hydrogen-bond acceptors (Lipinski definition) is 2. The Hall–Kier alpha value is -0.700. The molecule has 0 saturated heterocycles. The highest BCUT2D eigenvalue weighted by molar-refractivity contribution is 8.00. The average molecular weight is 211 g/mol. The van der Waals surface area contributed by atoms with Crippen LogP contribution in [0.1, 0.15) is 12.8 Å². The van der Waals surface area contributed by atoms with Crippen LogP contribution < -0.4 is 5.32 Å². The molecule has 0 unspecified atom stereocenters. The van der Waals surface area contributed by atoms with E-state index in [-0.39, 0.29) is 5.82 Å². The Kier molecular flexibility index (Phi) is 2.68. The zero-order valence-electron chi connectivity index (χ0n) is 8.22. The fourth-order valence-electron chi connectivity index (χ4n) is 1.45. The summed E-state index contributed by atoms with van der Waals surface area (Å²) in [4.78, 5) is 0. The van der Waals surface area contributed by atoms with Crippen LogP contribution in [-0.4, -0.2) is 17.5 Å². The van der Waals surface area contributed by atoms with Crippen LogP contribution in [-0.2, 0) is 0 Å². The van der Waals surface area contributed by atoms with Crippen LogP contribution in [0.5, 0.6) is 0 Å². The van der Waals surface area contributed by atoms with Crippen LogP contribution in [0.2, 0.25) is 0 Å². The first kappa shape index (κ1) is 9.84. The molecule has 3 heteroatoms. The molecular weight excluding hydrogens is 197 g/mol. The highest BCUT2D eigenvalue weighted by Crippen LogP contribution is 2.47. The van der Waals surface area contributed by atoms with Crippen molar-refractivity contribution in [1.29, 1.82) is 0 Å². The zero-order chi connectivity index (χ0) is 10.0. The maximum absolute atomic E-state index is 13.2. The van der Waals surface area contributed by atoms with Crippen molar-refractivity contribution < 1.29 is 4.39 Å². The second kappa shape index (κ2) is 3.81. The van der Waals surface area contributed by atoms with E-state index in [1.165, 1.54) is 18.9 Å². The van der Waals surface area contributed by atoms with E-state index in [0.717, 1.165) is 6.54 Å². The number of nitrogens with one attached hydrogen (secondary N) is 1. The SMILES string of the molecule is CSC1(CNc2ccccc2F)CC1. The molecule has 1 aliphatic rings. The molecule has 1 aromatic carbocycles. The van der Waals surface area contributed by atoms with Crippen LogP contribution in [0.3, 0.4) is 0 Å². The van der Waals surface area contributed by atoms with Gasteiger partial charge in [0.15, 0.2) is 0 Å².